The summed E-state index contributed by atoms with van der Waals surface area (Å²) in [7, 11) is 1.71. The predicted octanol–water partition coefficient (Wildman–Crippen LogP) is 2.19. The first kappa shape index (κ1) is 15.9. The third kappa shape index (κ3) is 3.60. The Morgan fingerprint density at radius 1 is 1.33 bits per heavy atom. The Kier molecular flexibility index (Phi) is 5.31. The van der Waals surface area contributed by atoms with Gasteiger partial charge in [-0.05, 0) is 26.0 Å². The van der Waals surface area contributed by atoms with Gasteiger partial charge in [0.2, 0.25) is 0 Å². The second-order valence-corrected chi connectivity index (χ2v) is 5.52. The number of hydrogen-bond acceptors (Lipinski definition) is 4. The zero-order valence-electron chi connectivity index (χ0n) is 12.9. The molecule has 1 aliphatic heterocycles. The number of ether oxygens (including phenoxy) is 1. The van der Waals surface area contributed by atoms with Gasteiger partial charge in [-0.1, -0.05) is 6.07 Å². The molecule has 0 amide bonds. The number of anilines is 1. The number of hydrogen-bond donors (Lipinski definition) is 0. The molecule has 1 fully saturated rings. The molecular weight excluding hydrogens is 271 g/mol. The average molecular weight is 294 g/mol. The molecule has 0 radical (unpaired) electrons. The molecule has 1 atom stereocenters. The summed E-state index contributed by atoms with van der Waals surface area (Å²) < 4.78 is 19.1. The van der Waals surface area contributed by atoms with Gasteiger partial charge in [-0.3, -0.25) is 9.69 Å². The zero-order chi connectivity index (χ0) is 15.4. The Labute approximate surface area is 125 Å². The number of ketones is 1. The molecule has 0 spiro atoms. The first-order chi connectivity index (χ1) is 10.0. The van der Waals surface area contributed by atoms with Gasteiger partial charge in [0.05, 0.1) is 17.9 Å². The molecule has 1 aliphatic rings. The smallest absolute Gasteiger partial charge is 0.164 e. The first-order valence-electron chi connectivity index (χ1n) is 7.32. The average Bonchev–Trinajstić information content (AvgIpc) is 2.47. The quantitative estimate of drug-likeness (QED) is 0.779. The molecule has 0 bridgehead atoms. The molecule has 1 aromatic rings. The number of nitrogens with zero attached hydrogens (tertiary/aromatic N) is 2. The first-order valence-corrected chi connectivity index (χ1v) is 7.32. The molecule has 0 aromatic heterocycles. The number of piperazine rings is 1. The van der Waals surface area contributed by atoms with Gasteiger partial charge in [0, 0.05) is 39.3 Å². The number of benzene rings is 1. The molecule has 0 unspecified atom stereocenters. The minimum Gasteiger partial charge on any atom is -0.383 e. The van der Waals surface area contributed by atoms with Crippen molar-refractivity contribution in [2.75, 3.05) is 44.8 Å². The standard InChI is InChI=1S/C16H23FN2O2/c1-12(11-21-3)18-7-9-19(10-8-18)15-6-4-5-14(17)16(15)13(2)20/h4-6,12H,7-11H2,1-3H3/t12-/m1/s1. The minimum atomic E-state index is -0.435. The lowest BCUT2D eigenvalue weighted by atomic mass is 10.1. The van der Waals surface area contributed by atoms with Gasteiger partial charge in [0.1, 0.15) is 5.82 Å². The van der Waals surface area contributed by atoms with Crippen LogP contribution in [0.3, 0.4) is 0 Å². The summed E-state index contributed by atoms with van der Waals surface area (Å²) in [5.41, 5.74) is 0.914. The van der Waals surface area contributed by atoms with E-state index in [1.54, 1.807) is 13.2 Å². The Morgan fingerprint density at radius 2 is 2.00 bits per heavy atom. The molecule has 1 heterocycles. The molecule has 116 valence electrons. The van der Waals surface area contributed by atoms with E-state index in [4.69, 9.17) is 4.74 Å². The second-order valence-electron chi connectivity index (χ2n) is 5.52. The Balaban J connectivity index is 2.09. The maximum Gasteiger partial charge on any atom is 0.164 e. The predicted molar refractivity (Wildman–Crippen MR) is 81.5 cm³/mol. The van der Waals surface area contributed by atoms with Crippen LogP contribution in [0.4, 0.5) is 10.1 Å². The van der Waals surface area contributed by atoms with Gasteiger partial charge in [0.25, 0.3) is 0 Å². The van der Waals surface area contributed by atoms with E-state index in [1.165, 1.54) is 13.0 Å². The van der Waals surface area contributed by atoms with Crippen LogP contribution in [0, 0.1) is 5.82 Å². The summed E-state index contributed by atoms with van der Waals surface area (Å²) in [5.74, 6) is -0.659. The van der Waals surface area contributed by atoms with Crippen LogP contribution in [-0.4, -0.2) is 56.6 Å². The summed E-state index contributed by atoms with van der Waals surface area (Å²) in [4.78, 5) is 16.1. The highest BCUT2D eigenvalue weighted by molar-refractivity contribution is 6.00. The van der Waals surface area contributed by atoms with Crippen molar-refractivity contribution < 1.29 is 13.9 Å². The fourth-order valence-electron chi connectivity index (χ4n) is 2.88. The molecule has 0 N–H and O–H groups in total. The Morgan fingerprint density at radius 3 is 2.57 bits per heavy atom. The molecule has 21 heavy (non-hydrogen) atoms. The van der Waals surface area contributed by atoms with Crippen LogP contribution in [0.5, 0.6) is 0 Å². The zero-order valence-corrected chi connectivity index (χ0v) is 12.9. The highest BCUT2D eigenvalue weighted by atomic mass is 19.1. The van der Waals surface area contributed by atoms with Crippen LogP contribution >= 0.6 is 0 Å². The number of rotatable bonds is 5. The van der Waals surface area contributed by atoms with Crippen LogP contribution in [0.15, 0.2) is 18.2 Å². The number of carbonyl (C=O) groups excluding carboxylic acids is 1. The van der Waals surface area contributed by atoms with Gasteiger partial charge < -0.3 is 9.64 Å². The van der Waals surface area contributed by atoms with Crippen molar-refractivity contribution in [1.29, 1.82) is 0 Å². The van der Waals surface area contributed by atoms with E-state index in [0.29, 0.717) is 18.3 Å². The van der Waals surface area contributed by atoms with Crippen molar-refractivity contribution in [2.45, 2.75) is 19.9 Å². The van der Waals surface area contributed by atoms with Crippen LogP contribution in [0.25, 0.3) is 0 Å². The lowest BCUT2D eigenvalue weighted by Crippen LogP contribution is -2.51. The van der Waals surface area contributed by atoms with Crippen molar-refractivity contribution in [2.24, 2.45) is 0 Å². The lowest BCUT2D eigenvalue weighted by Gasteiger charge is -2.39. The third-order valence-corrected chi connectivity index (χ3v) is 4.03. The van der Waals surface area contributed by atoms with Crippen molar-refractivity contribution in [3.63, 3.8) is 0 Å². The summed E-state index contributed by atoms with van der Waals surface area (Å²) in [6.07, 6.45) is 0. The van der Waals surface area contributed by atoms with E-state index in [2.05, 4.69) is 16.7 Å². The minimum absolute atomic E-state index is 0.205. The molecular formula is C16H23FN2O2. The molecule has 0 saturated carbocycles. The molecule has 2 rings (SSSR count). The van der Waals surface area contributed by atoms with Gasteiger partial charge in [-0.15, -0.1) is 0 Å². The number of methoxy groups -OCH3 is 1. The highest BCUT2D eigenvalue weighted by Crippen LogP contribution is 2.25. The largest absolute Gasteiger partial charge is 0.383 e. The Hall–Kier alpha value is -1.46. The fraction of sp³-hybridized carbons (Fsp3) is 0.562. The molecule has 5 heteroatoms. The van der Waals surface area contributed by atoms with Gasteiger partial charge in [-0.25, -0.2) is 4.39 Å². The summed E-state index contributed by atoms with van der Waals surface area (Å²) in [6, 6.07) is 5.21. The summed E-state index contributed by atoms with van der Waals surface area (Å²) >= 11 is 0. The van der Waals surface area contributed by atoms with Gasteiger partial charge in [0.15, 0.2) is 5.78 Å². The lowest BCUT2D eigenvalue weighted by molar-refractivity contribution is 0.0951. The van der Waals surface area contributed by atoms with Gasteiger partial charge in [-0.2, -0.15) is 0 Å². The topological polar surface area (TPSA) is 32.8 Å². The SMILES string of the molecule is COC[C@@H](C)N1CCN(c2cccc(F)c2C(C)=O)CC1. The maximum absolute atomic E-state index is 13.9. The molecule has 1 aromatic carbocycles. The monoisotopic (exact) mass is 294 g/mol. The van der Waals surface area contributed by atoms with Crippen molar-refractivity contribution in [1.82, 2.24) is 4.90 Å². The van der Waals surface area contributed by atoms with Crippen molar-refractivity contribution in [3.8, 4) is 0 Å². The van der Waals surface area contributed by atoms with E-state index < -0.39 is 5.82 Å². The van der Waals surface area contributed by atoms with Crippen molar-refractivity contribution in [3.05, 3.63) is 29.6 Å². The van der Waals surface area contributed by atoms with Crippen LogP contribution in [-0.2, 0) is 4.74 Å². The summed E-state index contributed by atoms with van der Waals surface area (Å²) in [5, 5.41) is 0. The summed E-state index contributed by atoms with van der Waals surface area (Å²) in [6.45, 7) is 7.62. The van der Waals surface area contributed by atoms with E-state index in [1.807, 2.05) is 6.07 Å². The van der Waals surface area contributed by atoms with Gasteiger partial charge >= 0.3 is 0 Å². The number of halogens is 1. The van der Waals surface area contributed by atoms with E-state index in [0.717, 1.165) is 26.2 Å². The molecule has 1 saturated heterocycles. The van der Waals surface area contributed by atoms with Crippen LogP contribution in [0.2, 0.25) is 0 Å². The molecule has 0 aliphatic carbocycles. The van der Waals surface area contributed by atoms with Crippen LogP contribution in [0.1, 0.15) is 24.2 Å². The second kappa shape index (κ2) is 7.00. The fourth-order valence-corrected chi connectivity index (χ4v) is 2.88. The van der Waals surface area contributed by atoms with E-state index in [9.17, 15) is 9.18 Å². The van der Waals surface area contributed by atoms with Crippen LogP contribution < -0.4 is 4.90 Å². The Bertz CT molecular complexity index is 499. The van der Waals surface area contributed by atoms with E-state index >= 15 is 0 Å². The third-order valence-electron chi connectivity index (χ3n) is 4.03. The highest BCUT2D eigenvalue weighted by Gasteiger charge is 2.24. The number of carbonyl (C=O) groups is 1. The maximum atomic E-state index is 13.9. The number of Topliss-reactive ketones (excluding diaryl/α,β-unsaturated/α-hetero) is 1. The van der Waals surface area contributed by atoms with Crippen molar-refractivity contribution >= 4 is 11.5 Å². The molecule has 4 nitrogen and oxygen atoms in total. The van der Waals surface area contributed by atoms with E-state index in [-0.39, 0.29) is 11.3 Å². The normalized spacial score (nSPS) is 17.8.